The summed E-state index contributed by atoms with van der Waals surface area (Å²) in [4.78, 5) is 24.1. The average Bonchev–Trinajstić information content (AvgIpc) is 2.69. The first kappa shape index (κ1) is 19.1. The number of amides is 2. The predicted octanol–water partition coefficient (Wildman–Crippen LogP) is 3.24. The van der Waals surface area contributed by atoms with Crippen LogP contribution in [0.2, 0.25) is 0 Å². The van der Waals surface area contributed by atoms with E-state index in [1.165, 1.54) is 36.1 Å². The van der Waals surface area contributed by atoms with Gasteiger partial charge in [0.15, 0.2) is 0 Å². The minimum atomic E-state index is -0.651. The molecule has 0 bridgehead atoms. The van der Waals surface area contributed by atoms with Gasteiger partial charge in [-0.1, -0.05) is 30.3 Å². The Morgan fingerprint density at radius 2 is 1.70 bits per heavy atom. The molecule has 0 fully saturated rings. The van der Waals surface area contributed by atoms with Crippen LogP contribution in [0, 0.1) is 5.82 Å². The van der Waals surface area contributed by atoms with Crippen molar-refractivity contribution in [3.8, 4) is 0 Å². The van der Waals surface area contributed by atoms with E-state index in [0.29, 0.717) is 13.0 Å². The van der Waals surface area contributed by atoms with E-state index in [1.54, 1.807) is 12.1 Å². The van der Waals surface area contributed by atoms with Crippen LogP contribution in [0.3, 0.4) is 0 Å². The molecule has 0 aromatic heterocycles. The average molecular weight is 368 g/mol. The normalized spacial score (nSPS) is 14.1. The minimum absolute atomic E-state index is 0.229. The van der Waals surface area contributed by atoms with Crippen molar-refractivity contribution in [1.29, 1.82) is 0 Å². The summed E-state index contributed by atoms with van der Waals surface area (Å²) in [6.07, 6.45) is 5.17. The molecule has 3 rings (SSSR count). The maximum absolute atomic E-state index is 12.9. The first-order valence-electron chi connectivity index (χ1n) is 9.48. The number of carbonyl (C=O) groups excluding carboxylic acids is 2. The standard InChI is InChI=1S/C22H25FN2O2/c1-15(18-9-8-17-4-2-3-5-19(17)14-18)25-22(27)21(26)24-13-12-16-6-10-20(23)11-7-16/h6-11,14-15H,2-5,12-13H2,1H3,(H,24,26)(H,25,27). The van der Waals surface area contributed by atoms with Crippen molar-refractivity contribution in [2.45, 2.75) is 45.1 Å². The smallest absolute Gasteiger partial charge is 0.309 e. The van der Waals surface area contributed by atoms with Gasteiger partial charge in [-0.05, 0) is 73.4 Å². The number of carbonyl (C=O) groups is 2. The quantitative estimate of drug-likeness (QED) is 0.796. The molecule has 2 amide bonds. The molecular formula is C22H25FN2O2. The molecule has 0 saturated heterocycles. The minimum Gasteiger partial charge on any atom is -0.348 e. The number of fused-ring (bicyclic) bond motifs is 1. The van der Waals surface area contributed by atoms with Crippen LogP contribution in [0.4, 0.5) is 4.39 Å². The third kappa shape index (κ3) is 5.16. The van der Waals surface area contributed by atoms with Gasteiger partial charge in [-0.2, -0.15) is 0 Å². The summed E-state index contributed by atoms with van der Waals surface area (Å²) < 4.78 is 12.9. The van der Waals surface area contributed by atoms with Gasteiger partial charge in [0.1, 0.15) is 5.82 Å². The molecule has 0 radical (unpaired) electrons. The van der Waals surface area contributed by atoms with Gasteiger partial charge in [0.05, 0.1) is 6.04 Å². The molecule has 5 heteroatoms. The number of aryl methyl sites for hydroxylation is 2. The van der Waals surface area contributed by atoms with Gasteiger partial charge in [-0.15, -0.1) is 0 Å². The van der Waals surface area contributed by atoms with Crippen LogP contribution < -0.4 is 10.6 Å². The fourth-order valence-electron chi connectivity index (χ4n) is 3.42. The molecule has 0 saturated carbocycles. The van der Waals surface area contributed by atoms with E-state index >= 15 is 0 Å². The molecule has 0 spiro atoms. The summed E-state index contributed by atoms with van der Waals surface area (Å²) in [7, 11) is 0. The summed E-state index contributed by atoms with van der Waals surface area (Å²) in [5, 5.41) is 5.37. The van der Waals surface area contributed by atoms with Crippen LogP contribution in [0.5, 0.6) is 0 Å². The highest BCUT2D eigenvalue weighted by Crippen LogP contribution is 2.24. The lowest BCUT2D eigenvalue weighted by atomic mass is 9.89. The first-order chi connectivity index (χ1) is 13.0. The van der Waals surface area contributed by atoms with E-state index in [9.17, 15) is 14.0 Å². The molecule has 2 aromatic carbocycles. The largest absolute Gasteiger partial charge is 0.348 e. The topological polar surface area (TPSA) is 58.2 Å². The number of hydrogen-bond acceptors (Lipinski definition) is 2. The lowest BCUT2D eigenvalue weighted by Gasteiger charge is -2.20. The first-order valence-corrected chi connectivity index (χ1v) is 9.48. The zero-order chi connectivity index (χ0) is 19.2. The summed E-state index contributed by atoms with van der Waals surface area (Å²) in [6.45, 7) is 2.21. The molecule has 2 aromatic rings. The van der Waals surface area contributed by atoms with Crippen molar-refractivity contribution in [3.05, 3.63) is 70.5 Å². The molecular weight excluding hydrogens is 343 g/mol. The fraction of sp³-hybridized carbons (Fsp3) is 0.364. The zero-order valence-corrected chi connectivity index (χ0v) is 15.6. The Kier molecular flexibility index (Phi) is 6.22. The maximum atomic E-state index is 12.9. The SMILES string of the molecule is CC(NC(=O)C(=O)NCCc1ccc(F)cc1)c1ccc2c(c1)CCCC2. The fourth-order valence-corrected chi connectivity index (χ4v) is 3.42. The second kappa shape index (κ2) is 8.80. The van der Waals surface area contributed by atoms with Crippen LogP contribution in [-0.4, -0.2) is 18.4 Å². The van der Waals surface area contributed by atoms with E-state index in [1.807, 2.05) is 13.0 Å². The molecule has 0 heterocycles. The van der Waals surface area contributed by atoms with Crippen LogP contribution in [0.25, 0.3) is 0 Å². The zero-order valence-electron chi connectivity index (χ0n) is 15.6. The molecule has 1 aliphatic carbocycles. The van der Waals surface area contributed by atoms with E-state index in [2.05, 4.69) is 22.8 Å². The van der Waals surface area contributed by atoms with E-state index in [4.69, 9.17) is 0 Å². The Labute approximate surface area is 159 Å². The molecule has 27 heavy (non-hydrogen) atoms. The molecule has 1 atom stereocenters. The Bertz CT molecular complexity index is 818. The van der Waals surface area contributed by atoms with Gasteiger partial charge < -0.3 is 10.6 Å². The van der Waals surface area contributed by atoms with Crippen molar-refractivity contribution < 1.29 is 14.0 Å². The number of rotatable bonds is 5. The number of benzene rings is 2. The highest BCUT2D eigenvalue weighted by molar-refractivity contribution is 6.35. The van der Waals surface area contributed by atoms with Crippen molar-refractivity contribution >= 4 is 11.8 Å². The second-order valence-electron chi connectivity index (χ2n) is 7.06. The highest BCUT2D eigenvalue weighted by atomic mass is 19.1. The predicted molar refractivity (Wildman–Crippen MR) is 103 cm³/mol. The number of hydrogen-bond donors (Lipinski definition) is 2. The monoisotopic (exact) mass is 368 g/mol. The van der Waals surface area contributed by atoms with Gasteiger partial charge in [-0.3, -0.25) is 9.59 Å². The van der Waals surface area contributed by atoms with Crippen LogP contribution in [-0.2, 0) is 28.9 Å². The summed E-state index contributed by atoms with van der Waals surface area (Å²) >= 11 is 0. The van der Waals surface area contributed by atoms with E-state index in [-0.39, 0.29) is 11.9 Å². The van der Waals surface area contributed by atoms with Crippen molar-refractivity contribution in [1.82, 2.24) is 10.6 Å². The Balaban J connectivity index is 1.48. The van der Waals surface area contributed by atoms with E-state index in [0.717, 1.165) is 24.0 Å². The van der Waals surface area contributed by atoms with Gasteiger partial charge >= 0.3 is 11.8 Å². The van der Waals surface area contributed by atoms with Crippen molar-refractivity contribution in [2.75, 3.05) is 6.54 Å². The Hall–Kier alpha value is -2.69. The van der Waals surface area contributed by atoms with Crippen LogP contribution >= 0.6 is 0 Å². The van der Waals surface area contributed by atoms with Gasteiger partial charge in [0.25, 0.3) is 0 Å². The molecule has 1 unspecified atom stereocenters. The lowest BCUT2D eigenvalue weighted by Crippen LogP contribution is -2.41. The van der Waals surface area contributed by atoms with Gasteiger partial charge in [0, 0.05) is 6.54 Å². The Morgan fingerprint density at radius 1 is 1.00 bits per heavy atom. The van der Waals surface area contributed by atoms with Gasteiger partial charge in [-0.25, -0.2) is 4.39 Å². The summed E-state index contributed by atoms with van der Waals surface area (Å²) in [6, 6.07) is 12.2. The molecule has 4 nitrogen and oxygen atoms in total. The lowest BCUT2D eigenvalue weighted by molar-refractivity contribution is -0.139. The van der Waals surface area contributed by atoms with Crippen LogP contribution in [0.15, 0.2) is 42.5 Å². The molecule has 2 N–H and O–H groups in total. The van der Waals surface area contributed by atoms with Crippen molar-refractivity contribution in [3.63, 3.8) is 0 Å². The second-order valence-corrected chi connectivity index (χ2v) is 7.06. The molecule has 1 aliphatic rings. The number of nitrogens with one attached hydrogen (secondary N) is 2. The third-order valence-electron chi connectivity index (χ3n) is 5.04. The summed E-state index contributed by atoms with van der Waals surface area (Å²) in [5.74, 6) is -1.58. The van der Waals surface area contributed by atoms with Gasteiger partial charge in [0.2, 0.25) is 0 Å². The molecule has 142 valence electrons. The highest BCUT2D eigenvalue weighted by Gasteiger charge is 2.18. The maximum Gasteiger partial charge on any atom is 0.309 e. The van der Waals surface area contributed by atoms with Crippen LogP contribution in [0.1, 0.15) is 48.1 Å². The number of halogens is 1. The van der Waals surface area contributed by atoms with E-state index < -0.39 is 11.8 Å². The third-order valence-corrected chi connectivity index (χ3v) is 5.04. The Morgan fingerprint density at radius 3 is 2.44 bits per heavy atom. The van der Waals surface area contributed by atoms with Crippen molar-refractivity contribution in [2.24, 2.45) is 0 Å². The molecule has 0 aliphatic heterocycles. The summed E-state index contributed by atoms with van der Waals surface area (Å²) in [5.41, 5.74) is 4.66.